The largest absolute Gasteiger partial charge is 0.357 e. The first-order valence-corrected chi connectivity index (χ1v) is 5.96. The zero-order valence-corrected chi connectivity index (χ0v) is 10.7. The maximum absolute atomic E-state index is 13.8. The predicted molar refractivity (Wildman–Crippen MR) is 71.9 cm³/mol. The first-order chi connectivity index (χ1) is 9.78. The van der Waals surface area contributed by atoms with E-state index in [2.05, 4.69) is 25.4 Å². The first-order valence-electron chi connectivity index (χ1n) is 5.96. The van der Waals surface area contributed by atoms with E-state index in [4.69, 9.17) is 0 Å². The topological polar surface area (TPSA) is 68.5 Å². The second-order valence-electron chi connectivity index (χ2n) is 3.96. The number of anilines is 1. The number of aromatic nitrogens is 5. The number of halogens is 1. The molecular weight excluding hydrogens is 259 g/mol. The molecule has 0 saturated heterocycles. The van der Waals surface area contributed by atoms with Crippen LogP contribution in [0.15, 0.2) is 42.7 Å². The van der Waals surface area contributed by atoms with Crippen molar-refractivity contribution in [2.45, 2.75) is 0 Å². The lowest BCUT2D eigenvalue weighted by Gasteiger charge is -2.07. The van der Waals surface area contributed by atoms with E-state index in [9.17, 15) is 4.39 Å². The van der Waals surface area contributed by atoms with Gasteiger partial charge in [-0.3, -0.25) is 0 Å². The fourth-order valence-corrected chi connectivity index (χ4v) is 1.73. The molecule has 1 aromatic carbocycles. The van der Waals surface area contributed by atoms with E-state index in [1.807, 2.05) is 0 Å². The Morgan fingerprint density at radius 1 is 1.10 bits per heavy atom. The highest BCUT2D eigenvalue weighted by atomic mass is 19.1. The summed E-state index contributed by atoms with van der Waals surface area (Å²) in [5, 5.41) is 6.89. The maximum Gasteiger partial charge on any atom is 0.255 e. The molecule has 0 aliphatic rings. The van der Waals surface area contributed by atoms with Crippen LogP contribution in [0.2, 0.25) is 0 Å². The Morgan fingerprint density at radius 3 is 2.65 bits per heavy atom. The zero-order chi connectivity index (χ0) is 13.9. The van der Waals surface area contributed by atoms with Crippen molar-refractivity contribution < 1.29 is 4.39 Å². The number of benzene rings is 1. The molecule has 0 radical (unpaired) electrons. The molecule has 2 aromatic heterocycles. The van der Waals surface area contributed by atoms with Gasteiger partial charge >= 0.3 is 0 Å². The van der Waals surface area contributed by atoms with Gasteiger partial charge in [0.2, 0.25) is 5.95 Å². The van der Waals surface area contributed by atoms with E-state index in [1.54, 1.807) is 43.7 Å². The average molecular weight is 270 g/mol. The van der Waals surface area contributed by atoms with Gasteiger partial charge in [0, 0.05) is 19.4 Å². The molecule has 6 nitrogen and oxygen atoms in total. The summed E-state index contributed by atoms with van der Waals surface area (Å²) in [5.41, 5.74) is 0.319. The maximum atomic E-state index is 13.8. The Morgan fingerprint density at radius 2 is 1.95 bits per heavy atom. The molecule has 3 rings (SSSR count). The van der Waals surface area contributed by atoms with Gasteiger partial charge in [-0.05, 0) is 18.2 Å². The Kier molecular flexibility index (Phi) is 3.08. The summed E-state index contributed by atoms with van der Waals surface area (Å²) in [4.78, 5) is 12.6. The van der Waals surface area contributed by atoms with Crippen molar-refractivity contribution >= 4 is 5.95 Å². The van der Waals surface area contributed by atoms with E-state index in [0.717, 1.165) is 0 Å². The summed E-state index contributed by atoms with van der Waals surface area (Å²) < 4.78 is 15.3. The quantitative estimate of drug-likeness (QED) is 0.787. The number of nitrogens with zero attached hydrogens (tertiary/aromatic N) is 5. The SMILES string of the molecule is CNc1nc(-c2ccccc2F)nc(-n2cccn2)n1. The number of nitrogens with one attached hydrogen (secondary N) is 1. The van der Waals surface area contributed by atoms with E-state index in [0.29, 0.717) is 17.5 Å². The third-order valence-corrected chi connectivity index (χ3v) is 2.67. The molecule has 0 aliphatic heterocycles. The Balaban J connectivity index is 2.17. The molecule has 0 bridgehead atoms. The molecule has 100 valence electrons. The summed E-state index contributed by atoms with van der Waals surface area (Å²) in [6, 6.07) is 8.09. The Bertz CT molecular complexity index is 725. The molecule has 0 amide bonds. The minimum absolute atomic E-state index is 0.257. The van der Waals surface area contributed by atoms with Crippen molar-refractivity contribution in [1.29, 1.82) is 0 Å². The van der Waals surface area contributed by atoms with Crippen LogP contribution in [0, 0.1) is 5.82 Å². The lowest BCUT2D eigenvalue weighted by Crippen LogP contribution is -2.08. The van der Waals surface area contributed by atoms with Crippen molar-refractivity contribution in [3.05, 3.63) is 48.5 Å². The van der Waals surface area contributed by atoms with E-state index < -0.39 is 0 Å². The molecule has 2 heterocycles. The molecule has 0 saturated carbocycles. The van der Waals surface area contributed by atoms with Crippen molar-refractivity contribution in [2.75, 3.05) is 12.4 Å². The Hall–Kier alpha value is -2.83. The fraction of sp³-hybridized carbons (Fsp3) is 0.0769. The van der Waals surface area contributed by atoms with Gasteiger partial charge in [-0.25, -0.2) is 9.07 Å². The van der Waals surface area contributed by atoms with E-state index in [1.165, 1.54) is 10.7 Å². The lowest BCUT2D eigenvalue weighted by molar-refractivity contribution is 0.629. The van der Waals surface area contributed by atoms with Crippen LogP contribution in [-0.2, 0) is 0 Å². The second kappa shape index (κ2) is 5.04. The van der Waals surface area contributed by atoms with Gasteiger partial charge in [-0.1, -0.05) is 12.1 Å². The van der Waals surface area contributed by atoms with Gasteiger partial charge in [-0.15, -0.1) is 0 Å². The molecule has 20 heavy (non-hydrogen) atoms. The lowest BCUT2D eigenvalue weighted by atomic mass is 10.2. The molecular formula is C13H11FN6. The summed E-state index contributed by atoms with van der Waals surface area (Å²) in [5.74, 6) is 0.552. The van der Waals surface area contributed by atoms with E-state index >= 15 is 0 Å². The highest BCUT2D eigenvalue weighted by Crippen LogP contribution is 2.20. The molecule has 1 N–H and O–H groups in total. The van der Waals surface area contributed by atoms with Crippen molar-refractivity contribution in [3.8, 4) is 17.3 Å². The van der Waals surface area contributed by atoms with Gasteiger partial charge in [0.1, 0.15) is 5.82 Å². The van der Waals surface area contributed by atoms with Crippen LogP contribution < -0.4 is 5.32 Å². The van der Waals surface area contributed by atoms with Crippen molar-refractivity contribution in [1.82, 2.24) is 24.7 Å². The molecule has 3 aromatic rings. The third kappa shape index (κ3) is 2.20. The summed E-state index contributed by atoms with van der Waals surface area (Å²) in [6.07, 6.45) is 3.32. The standard InChI is InChI=1S/C13H11FN6/c1-15-12-17-11(9-5-2-3-6-10(9)14)18-13(19-12)20-8-4-7-16-20/h2-8H,1H3,(H,15,17,18,19). The Labute approximate surface area is 114 Å². The minimum Gasteiger partial charge on any atom is -0.357 e. The van der Waals surface area contributed by atoms with Crippen LogP contribution in [-0.4, -0.2) is 31.8 Å². The number of rotatable bonds is 3. The number of hydrogen-bond donors (Lipinski definition) is 1. The fourth-order valence-electron chi connectivity index (χ4n) is 1.73. The first kappa shape index (κ1) is 12.2. The molecule has 0 aliphatic carbocycles. The van der Waals surface area contributed by atoms with Crippen LogP contribution in [0.25, 0.3) is 17.3 Å². The van der Waals surface area contributed by atoms with Crippen LogP contribution >= 0.6 is 0 Å². The van der Waals surface area contributed by atoms with Crippen molar-refractivity contribution in [2.24, 2.45) is 0 Å². The van der Waals surface area contributed by atoms with Gasteiger partial charge in [-0.2, -0.15) is 20.1 Å². The van der Waals surface area contributed by atoms with Crippen LogP contribution in [0.5, 0.6) is 0 Å². The van der Waals surface area contributed by atoms with Gasteiger partial charge in [0.15, 0.2) is 5.82 Å². The molecule has 0 unspecified atom stereocenters. The third-order valence-electron chi connectivity index (χ3n) is 2.67. The highest BCUT2D eigenvalue weighted by Gasteiger charge is 2.12. The van der Waals surface area contributed by atoms with Crippen molar-refractivity contribution in [3.63, 3.8) is 0 Å². The average Bonchev–Trinajstić information content (AvgIpc) is 3.01. The molecule has 0 atom stereocenters. The number of hydrogen-bond acceptors (Lipinski definition) is 5. The molecule has 0 fully saturated rings. The summed E-state index contributed by atoms with van der Waals surface area (Å²) >= 11 is 0. The normalized spacial score (nSPS) is 10.5. The van der Waals surface area contributed by atoms with Crippen LogP contribution in [0.3, 0.4) is 0 Å². The second-order valence-corrected chi connectivity index (χ2v) is 3.96. The van der Waals surface area contributed by atoms with E-state index in [-0.39, 0.29) is 11.6 Å². The van der Waals surface area contributed by atoms with Gasteiger partial charge < -0.3 is 5.32 Å². The zero-order valence-electron chi connectivity index (χ0n) is 10.7. The highest BCUT2D eigenvalue weighted by molar-refractivity contribution is 5.57. The van der Waals surface area contributed by atoms with Crippen LogP contribution in [0.4, 0.5) is 10.3 Å². The summed E-state index contributed by atoms with van der Waals surface area (Å²) in [7, 11) is 1.69. The van der Waals surface area contributed by atoms with Crippen LogP contribution in [0.1, 0.15) is 0 Å². The molecule has 0 spiro atoms. The molecule has 7 heteroatoms. The summed E-state index contributed by atoms with van der Waals surface area (Å²) in [6.45, 7) is 0. The van der Waals surface area contributed by atoms with Gasteiger partial charge in [0.05, 0.1) is 5.56 Å². The smallest absolute Gasteiger partial charge is 0.255 e. The minimum atomic E-state index is -0.382. The predicted octanol–water partition coefficient (Wildman–Crippen LogP) is 1.91. The monoisotopic (exact) mass is 270 g/mol. The van der Waals surface area contributed by atoms with Gasteiger partial charge in [0.25, 0.3) is 5.95 Å².